The third-order valence-electron chi connectivity index (χ3n) is 1.90. The van der Waals surface area contributed by atoms with Crippen LogP contribution in [0.1, 0.15) is 18.2 Å². The van der Waals surface area contributed by atoms with Gasteiger partial charge < -0.3 is 4.52 Å². The van der Waals surface area contributed by atoms with Gasteiger partial charge in [-0.15, -0.1) is 11.6 Å². The Bertz CT molecular complexity index is 470. The van der Waals surface area contributed by atoms with Gasteiger partial charge in [-0.05, 0) is 19.1 Å². The zero-order valence-corrected chi connectivity index (χ0v) is 8.70. The summed E-state index contributed by atoms with van der Waals surface area (Å²) in [7, 11) is 0. The van der Waals surface area contributed by atoms with E-state index in [0.29, 0.717) is 5.56 Å². The van der Waals surface area contributed by atoms with E-state index in [1.165, 1.54) is 6.07 Å². The predicted octanol–water partition coefficient (Wildman–Crippen LogP) is 3.18. The molecule has 1 atom stereocenters. The number of nitrogens with zero attached hydrogens (tertiary/aromatic N) is 2. The molecule has 2 aromatic rings. The van der Waals surface area contributed by atoms with E-state index in [1.54, 1.807) is 25.1 Å². The second-order valence-corrected chi connectivity index (χ2v) is 3.71. The Hall–Kier alpha value is -1.42. The topological polar surface area (TPSA) is 38.9 Å². The molecule has 0 saturated heterocycles. The summed E-state index contributed by atoms with van der Waals surface area (Å²) < 4.78 is 18.2. The first-order valence-electron chi connectivity index (χ1n) is 4.41. The highest BCUT2D eigenvalue weighted by atomic mass is 35.5. The Labute approximate surface area is 90.9 Å². The third-order valence-corrected chi connectivity index (χ3v) is 2.08. The van der Waals surface area contributed by atoms with Gasteiger partial charge in [-0.2, -0.15) is 4.98 Å². The number of benzene rings is 1. The van der Waals surface area contributed by atoms with Crippen molar-refractivity contribution in [2.24, 2.45) is 0 Å². The van der Waals surface area contributed by atoms with Crippen LogP contribution in [0.3, 0.4) is 0 Å². The average molecular weight is 227 g/mol. The molecule has 0 amide bonds. The Kier molecular flexibility index (Phi) is 2.68. The van der Waals surface area contributed by atoms with Crippen molar-refractivity contribution in [3.8, 4) is 11.4 Å². The molecule has 2 rings (SSSR count). The Morgan fingerprint density at radius 2 is 2.13 bits per heavy atom. The van der Waals surface area contributed by atoms with Gasteiger partial charge in [0.05, 0.1) is 5.56 Å². The van der Waals surface area contributed by atoms with Crippen molar-refractivity contribution < 1.29 is 8.91 Å². The maximum Gasteiger partial charge on any atom is 0.244 e. The van der Waals surface area contributed by atoms with Gasteiger partial charge in [0.1, 0.15) is 11.2 Å². The molecule has 3 nitrogen and oxygen atoms in total. The van der Waals surface area contributed by atoms with Crippen LogP contribution in [0.25, 0.3) is 11.4 Å². The maximum atomic E-state index is 13.3. The van der Waals surface area contributed by atoms with Gasteiger partial charge in [0.25, 0.3) is 0 Å². The SMILES string of the molecule is CC(Cl)c1nc(-c2ccccc2F)no1. The third kappa shape index (κ3) is 1.99. The summed E-state index contributed by atoms with van der Waals surface area (Å²) >= 11 is 5.75. The molecule has 1 unspecified atom stereocenters. The summed E-state index contributed by atoms with van der Waals surface area (Å²) in [6.07, 6.45) is 0. The van der Waals surface area contributed by atoms with E-state index in [4.69, 9.17) is 16.1 Å². The number of rotatable bonds is 2. The summed E-state index contributed by atoms with van der Waals surface area (Å²) in [5, 5.41) is 3.28. The largest absolute Gasteiger partial charge is 0.337 e. The van der Waals surface area contributed by atoms with E-state index >= 15 is 0 Å². The zero-order chi connectivity index (χ0) is 10.8. The van der Waals surface area contributed by atoms with Crippen molar-refractivity contribution in [2.75, 3.05) is 0 Å². The fraction of sp³-hybridized carbons (Fsp3) is 0.200. The first kappa shape index (κ1) is 10.1. The van der Waals surface area contributed by atoms with Gasteiger partial charge in [0.15, 0.2) is 0 Å². The highest BCUT2D eigenvalue weighted by Gasteiger charge is 2.14. The first-order valence-corrected chi connectivity index (χ1v) is 4.84. The van der Waals surface area contributed by atoms with Crippen molar-refractivity contribution in [3.05, 3.63) is 36.0 Å². The quantitative estimate of drug-likeness (QED) is 0.739. The van der Waals surface area contributed by atoms with Crippen LogP contribution in [0.2, 0.25) is 0 Å². The van der Waals surface area contributed by atoms with Gasteiger partial charge >= 0.3 is 0 Å². The second kappa shape index (κ2) is 3.98. The highest BCUT2D eigenvalue weighted by Crippen LogP contribution is 2.23. The minimum absolute atomic E-state index is 0.218. The van der Waals surface area contributed by atoms with E-state index in [0.717, 1.165) is 0 Å². The van der Waals surface area contributed by atoms with E-state index in [9.17, 15) is 4.39 Å². The minimum atomic E-state index is -0.382. The molecule has 0 fully saturated rings. The van der Waals surface area contributed by atoms with Crippen LogP contribution in [0, 0.1) is 5.82 Å². The number of halogens is 2. The number of hydrogen-bond donors (Lipinski definition) is 0. The molecular weight excluding hydrogens is 219 g/mol. The maximum absolute atomic E-state index is 13.3. The molecular formula is C10H8ClFN2O. The molecule has 0 aliphatic carbocycles. The molecule has 0 N–H and O–H groups in total. The van der Waals surface area contributed by atoms with Crippen molar-refractivity contribution in [3.63, 3.8) is 0 Å². The zero-order valence-electron chi connectivity index (χ0n) is 7.95. The second-order valence-electron chi connectivity index (χ2n) is 3.05. The van der Waals surface area contributed by atoms with Crippen LogP contribution in [-0.2, 0) is 0 Å². The molecule has 5 heteroatoms. The van der Waals surface area contributed by atoms with Crippen LogP contribution >= 0.6 is 11.6 Å². The van der Waals surface area contributed by atoms with Crippen LogP contribution in [0.15, 0.2) is 28.8 Å². The van der Waals surface area contributed by atoms with Gasteiger partial charge in [-0.3, -0.25) is 0 Å². The normalized spacial score (nSPS) is 12.7. The summed E-state index contributed by atoms with van der Waals surface area (Å²) in [4.78, 5) is 3.99. The number of hydrogen-bond acceptors (Lipinski definition) is 3. The Balaban J connectivity index is 2.42. The fourth-order valence-electron chi connectivity index (χ4n) is 1.15. The Morgan fingerprint density at radius 3 is 2.73 bits per heavy atom. The van der Waals surface area contributed by atoms with Crippen molar-refractivity contribution in [1.29, 1.82) is 0 Å². The van der Waals surface area contributed by atoms with Gasteiger partial charge in [0.2, 0.25) is 11.7 Å². The fourth-order valence-corrected chi connectivity index (χ4v) is 1.24. The van der Waals surface area contributed by atoms with E-state index < -0.39 is 0 Å². The minimum Gasteiger partial charge on any atom is -0.337 e. The number of aromatic nitrogens is 2. The van der Waals surface area contributed by atoms with E-state index in [2.05, 4.69) is 10.1 Å². The molecule has 78 valence electrons. The van der Waals surface area contributed by atoms with Crippen LogP contribution < -0.4 is 0 Å². The van der Waals surface area contributed by atoms with Gasteiger partial charge in [-0.25, -0.2) is 4.39 Å². The van der Waals surface area contributed by atoms with Gasteiger partial charge in [0, 0.05) is 0 Å². The van der Waals surface area contributed by atoms with Crippen LogP contribution in [0.5, 0.6) is 0 Å². The summed E-state index contributed by atoms with van der Waals surface area (Å²) in [6, 6.07) is 6.24. The monoisotopic (exact) mass is 226 g/mol. The van der Waals surface area contributed by atoms with Crippen LogP contribution in [-0.4, -0.2) is 10.1 Å². The molecule has 0 aliphatic rings. The molecule has 0 aliphatic heterocycles. The molecule has 0 radical (unpaired) electrons. The lowest BCUT2D eigenvalue weighted by atomic mass is 10.2. The first-order chi connectivity index (χ1) is 7.18. The highest BCUT2D eigenvalue weighted by molar-refractivity contribution is 6.20. The Morgan fingerprint density at radius 1 is 1.40 bits per heavy atom. The summed E-state index contributed by atoms with van der Waals surface area (Å²) in [5.74, 6) is 0.123. The van der Waals surface area contributed by atoms with Gasteiger partial charge in [-0.1, -0.05) is 17.3 Å². The molecule has 0 saturated carbocycles. The molecule has 0 spiro atoms. The molecule has 1 aromatic carbocycles. The van der Waals surface area contributed by atoms with Crippen LogP contribution in [0.4, 0.5) is 4.39 Å². The molecule has 1 aromatic heterocycles. The lowest BCUT2D eigenvalue weighted by Crippen LogP contribution is -1.87. The number of alkyl halides is 1. The van der Waals surface area contributed by atoms with Crippen molar-refractivity contribution in [2.45, 2.75) is 12.3 Å². The standard InChI is InChI=1S/C10H8ClFN2O/c1-6(11)10-13-9(14-15-10)7-4-2-3-5-8(7)12/h2-6H,1H3. The molecule has 15 heavy (non-hydrogen) atoms. The lowest BCUT2D eigenvalue weighted by molar-refractivity contribution is 0.379. The predicted molar refractivity (Wildman–Crippen MR) is 54.0 cm³/mol. The average Bonchev–Trinajstić information content (AvgIpc) is 2.67. The summed E-state index contributed by atoms with van der Waals surface area (Å²) in [6.45, 7) is 1.71. The van der Waals surface area contributed by atoms with Crippen molar-refractivity contribution in [1.82, 2.24) is 10.1 Å². The van der Waals surface area contributed by atoms with Crippen molar-refractivity contribution >= 4 is 11.6 Å². The molecule has 0 bridgehead atoms. The lowest BCUT2D eigenvalue weighted by Gasteiger charge is -1.94. The van der Waals surface area contributed by atoms with E-state index in [1.807, 2.05) is 0 Å². The smallest absolute Gasteiger partial charge is 0.244 e. The summed E-state index contributed by atoms with van der Waals surface area (Å²) in [5.41, 5.74) is 0.310. The van der Waals surface area contributed by atoms with E-state index in [-0.39, 0.29) is 22.9 Å². The molecule has 1 heterocycles.